The van der Waals surface area contributed by atoms with Crippen molar-refractivity contribution in [3.05, 3.63) is 50.1 Å². The number of likely N-dealkylation sites (N-methyl/N-ethyl adjacent to an activating group) is 2. The molecule has 2 aliphatic carbocycles. The van der Waals surface area contributed by atoms with Crippen LogP contribution >= 0.6 is 27.3 Å². The molecule has 2 N–H and O–H groups in total. The second kappa shape index (κ2) is 7.40. The highest BCUT2D eigenvalue weighted by Gasteiger charge is 2.75. The first-order chi connectivity index (χ1) is 16.2. The van der Waals surface area contributed by atoms with Crippen LogP contribution in [0.15, 0.2) is 34.1 Å². The van der Waals surface area contributed by atoms with E-state index in [2.05, 4.69) is 15.9 Å². The van der Waals surface area contributed by atoms with Crippen LogP contribution in [0.3, 0.4) is 0 Å². The van der Waals surface area contributed by atoms with Gasteiger partial charge in [0.1, 0.15) is 17.7 Å². The molecule has 3 heterocycles. The highest BCUT2D eigenvalue weighted by Crippen LogP contribution is 2.65. The Labute approximate surface area is 209 Å². The van der Waals surface area contributed by atoms with E-state index in [9.17, 15) is 19.8 Å². The molecule has 1 amide bonds. The number of phenols is 1. The predicted octanol–water partition coefficient (Wildman–Crippen LogP) is 3.18. The number of phenolic OH excluding ortho intramolecular Hbond substituents is 1. The van der Waals surface area contributed by atoms with E-state index < -0.39 is 23.2 Å². The summed E-state index contributed by atoms with van der Waals surface area (Å²) in [5, 5.41) is 24.8. The van der Waals surface area contributed by atoms with Gasteiger partial charge < -0.3 is 19.8 Å². The topological polar surface area (TPSA) is 90.3 Å². The monoisotopic (exact) mass is 544 g/mol. The maximum Gasteiger partial charge on any atom is 0.246 e. The zero-order chi connectivity index (χ0) is 24.0. The number of rotatable bonds is 3. The van der Waals surface area contributed by atoms with Crippen LogP contribution in [0.2, 0.25) is 0 Å². The van der Waals surface area contributed by atoms with Crippen molar-refractivity contribution in [1.29, 1.82) is 0 Å². The largest absolute Gasteiger partial charge is 0.504 e. The second-order valence-corrected chi connectivity index (χ2v) is 11.7. The van der Waals surface area contributed by atoms with Gasteiger partial charge in [-0.3, -0.25) is 14.5 Å². The van der Waals surface area contributed by atoms with E-state index >= 15 is 0 Å². The third-order valence-electron chi connectivity index (χ3n) is 8.35. The molecule has 1 aromatic carbocycles. The van der Waals surface area contributed by atoms with Crippen LogP contribution < -0.4 is 4.74 Å². The maximum atomic E-state index is 13.5. The molecule has 1 saturated heterocycles. The average molecular weight is 545 g/mol. The lowest BCUT2D eigenvalue weighted by atomic mass is 9.48. The summed E-state index contributed by atoms with van der Waals surface area (Å²) in [6, 6.07) is 4.10. The number of carbonyl (C=O) groups is 2. The Morgan fingerprint density at radius 3 is 2.91 bits per heavy atom. The predicted molar refractivity (Wildman–Crippen MR) is 131 cm³/mol. The number of Topliss-reactive ketones (excluding diaryl/α,β-unsaturated/α-hetero) is 1. The molecule has 178 valence electrons. The van der Waals surface area contributed by atoms with Crippen molar-refractivity contribution >= 4 is 45.0 Å². The molecule has 34 heavy (non-hydrogen) atoms. The van der Waals surface area contributed by atoms with Gasteiger partial charge in [0.25, 0.3) is 0 Å². The molecule has 9 heteroatoms. The van der Waals surface area contributed by atoms with Gasteiger partial charge in [-0.25, -0.2) is 0 Å². The van der Waals surface area contributed by atoms with Gasteiger partial charge in [0, 0.05) is 39.0 Å². The summed E-state index contributed by atoms with van der Waals surface area (Å²) in [5.41, 5.74) is -1.05. The number of hydrogen-bond donors (Lipinski definition) is 2. The molecule has 1 spiro atoms. The average Bonchev–Trinajstić information content (AvgIpc) is 3.38. The van der Waals surface area contributed by atoms with Crippen LogP contribution in [0.5, 0.6) is 11.5 Å². The normalized spacial score (nSPS) is 33.6. The Bertz CT molecular complexity index is 1260. The quantitative estimate of drug-likeness (QED) is 0.577. The molecule has 1 aromatic heterocycles. The third-order valence-corrected chi connectivity index (χ3v) is 10.0. The summed E-state index contributed by atoms with van der Waals surface area (Å²) in [4.78, 5) is 31.3. The Morgan fingerprint density at radius 2 is 2.18 bits per heavy atom. The van der Waals surface area contributed by atoms with Crippen LogP contribution in [-0.2, 0) is 10.2 Å². The summed E-state index contributed by atoms with van der Waals surface area (Å²) >= 11 is 4.97. The van der Waals surface area contributed by atoms with Crippen molar-refractivity contribution < 1.29 is 24.5 Å². The summed E-state index contributed by atoms with van der Waals surface area (Å²) in [7, 11) is 3.64. The summed E-state index contributed by atoms with van der Waals surface area (Å²) in [6.07, 6.45) is 4.23. The van der Waals surface area contributed by atoms with Crippen LogP contribution in [0.4, 0.5) is 0 Å². The summed E-state index contributed by atoms with van der Waals surface area (Å²) in [5.74, 6) is -0.0413. The van der Waals surface area contributed by atoms with E-state index in [1.165, 1.54) is 6.07 Å². The van der Waals surface area contributed by atoms with Crippen molar-refractivity contribution in [2.75, 3.05) is 20.6 Å². The van der Waals surface area contributed by atoms with Crippen LogP contribution in [0.1, 0.15) is 40.1 Å². The number of aliphatic hydroxyl groups is 1. The molecular weight excluding hydrogens is 520 g/mol. The van der Waals surface area contributed by atoms with E-state index in [1.807, 2.05) is 23.4 Å². The van der Waals surface area contributed by atoms with Crippen LogP contribution in [-0.4, -0.2) is 76.1 Å². The molecule has 5 atom stereocenters. The van der Waals surface area contributed by atoms with Crippen LogP contribution in [0, 0.1) is 0 Å². The number of nitrogens with zero attached hydrogens (tertiary/aromatic N) is 2. The van der Waals surface area contributed by atoms with Gasteiger partial charge >= 0.3 is 0 Å². The van der Waals surface area contributed by atoms with Crippen molar-refractivity contribution in [2.45, 2.75) is 48.5 Å². The lowest BCUT2D eigenvalue weighted by molar-refractivity contribution is -0.184. The van der Waals surface area contributed by atoms with Gasteiger partial charge in [0.15, 0.2) is 17.3 Å². The number of likely N-dealkylation sites (tertiary alicyclic amines) is 1. The number of ether oxygens (including phenoxy) is 1. The number of hydrogen-bond acceptors (Lipinski definition) is 7. The van der Waals surface area contributed by atoms with Gasteiger partial charge in [-0.2, -0.15) is 0 Å². The van der Waals surface area contributed by atoms with Crippen LogP contribution in [0.25, 0.3) is 6.08 Å². The number of piperidine rings is 1. The highest BCUT2D eigenvalue weighted by atomic mass is 79.9. The molecule has 2 unspecified atom stereocenters. The van der Waals surface area contributed by atoms with Crippen molar-refractivity contribution in [1.82, 2.24) is 9.80 Å². The number of carbonyl (C=O) groups excluding carboxylic acids is 2. The lowest BCUT2D eigenvalue weighted by Crippen LogP contribution is -2.79. The SMILES string of the molecule is CN(C(=O)/C=C/c1cc(Br)cs1)C1CC[C@@]2(O)[C@H]3C(=O)c4ccc(O)c5c4[C@@]2(CCN3C)C1O5. The number of amides is 1. The Balaban J connectivity index is 1.42. The van der Waals surface area contributed by atoms with Crippen molar-refractivity contribution in [3.8, 4) is 11.5 Å². The van der Waals surface area contributed by atoms with E-state index in [0.29, 0.717) is 36.9 Å². The zero-order valence-corrected chi connectivity index (χ0v) is 21.2. The number of benzene rings is 1. The van der Waals surface area contributed by atoms with Gasteiger partial charge in [0.05, 0.1) is 11.5 Å². The minimum Gasteiger partial charge on any atom is -0.504 e. The van der Waals surface area contributed by atoms with Gasteiger partial charge in [-0.15, -0.1) is 11.3 Å². The smallest absolute Gasteiger partial charge is 0.246 e. The van der Waals surface area contributed by atoms with Crippen molar-refractivity contribution in [2.24, 2.45) is 0 Å². The lowest BCUT2D eigenvalue weighted by Gasteiger charge is -2.63. The van der Waals surface area contributed by atoms with E-state index in [-0.39, 0.29) is 29.2 Å². The summed E-state index contributed by atoms with van der Waals surface area (Å²) < 4.78 is 7.38. The summed E-state index contributed by atoms with van der Waals surface area (Å²) in [6.45, 7) is 0.616. The molecule has 2 fully saturated rings. The van der Waals surface area contributed by atoms with E-state index in [1.54, 1.807) is 41.5 Å². The van der Waals surface area contributed by atoms with Gasteiger partial charge in [-0.05, 0) is 73.1 Å². The van der Waals surface area contributed by atoms with Gasteiger partial charge in [-0.1, -0.05) is 0 Å². The molecule has 1 saturated carbocycles. The Morgan fingerprint density at radius 1 is 1.38 bits per heavy atom. The maximum absolute atomic E-state index is 13.5. The van der Waals surface area contributed by atoms with Gasteiger partial charge in [0.2, 0.25) is 5.91 Å². The Hall–Kier alpha value is -2.20. The number of halogens is 1. The first kappa shape index (κ1) is 22.3. The third kappa shape index (κ3) is 2.69. The zero-order valence-electron chi connectivity index (χ0n) is 18.8. The Kier molecular flexibility index (Phi) is 4.85. The first-order valence-corrected chi connectivity index (χ1v) is 13.0. The fraction of sp³-hybridized carbons (Fsp3) is 0.440. The number of aromatic hydroxyl groups is 1. The molecular formula is C25H25BrN2O5S. The molecule has 7 nitrogen and oxygen atoms in total. The van der Waals surface area contributed by atoms with E-state index in [4.69, 9.17) is 4.74 Å². The number of thiophene rings is 1. The van der Waals surface area contributed by atoms with E-state index in [0.717, 1.165) is 9.35 Å². The minimum atomic E-state index is -1.33. The molecule has 2 aromatic rings. The standard InChI is InChI=1S/C25H25BrN2O5S/c1-27-10-9-24-19-15-4-5-17(29)21(19)33-23(24)16(7-8-25(24,32)22(27)20(15)31)28(2)18(30)6-3-14-11-13(26)12-34-14/h3-6,11-12,16,22-23,29,32H,7-10H2,1-2H3/b6-3+/t16?,22-,23?,24+,25-/m1/s1. The molecule has 2 aliphatic heterocycles. The highest BCUT2D eigenvalue weighted by molar-refractivity contribution is 9.10. The second-order valence-electron chi connectivity index (χ2n) is 9.82. The molecule has 2 bridgehead atoms. The first-order valence-electron chi connectivity index (χ1n) is 11.4. The molecule has 6 rings (SSSR count). The minimum absolute atomic E-state index is 0.0362. The van der Waals surface area contributed by atoms with Crippen molar-refractivity contribution in [3.63, 3.8) is 0 Å². The fourth-order valence-corrected chi connectivity index (χ4v) is 8.18. The molecule has 4 aliphatic rings. The molecule has 0 radical (unpaired) electrons. The number of ketones is 1. The fourth-order valence-electron chi connectivity index (χ4n) is 6.84.